The molecule has 0 heterocycles. The molecule has 0 aromatic heterocycles. The molecule has 3 aliphatic carbocycles. The van der Waals surface area contributed by atoms with Crippen molar-refractivity contribution in [1.29, 1.82) is 0 Å². The van der Waals surface area contributed by atoms with E-state index in [2.05, 4.69) is 17.0 Å². The number of hydrogen-bond donors (Lipinski definition) is 0. The van der Waals surface area contributed by atoms with E-state index in [4.69, 9.17) is 3.32 Å². The molecule has 0 fully saturated rings. The zero-order valence-corrected chi connectivity index (χ0v) is 14.9. The number of carbonyl (C=O) groups excluding carboxylic acids is 1. The Morgan fingerprint density at radius 3 is 2.67 bits per heavy atom. The zero-order chi connectivity index (χ0) is 15.0. The SMILES string of the molecule is C=CC(=O)[O][Ti]([CH3])([CH3])[CH]1CCCC2=C1CC1=C2CCCC1. The van der Waals surface area contributed by atoms with Crippen molar-refractivity contribution >= 4 is 5.97 Å². The third-order valence-electron chi connectivity index (χ3n) is 5.45. The van der Waals surface area contributed by atoms with E-state index in [1.807, 2.05) is 0 Å². The van der Waals surface area contributed by atoms with Crippen LogP contribution in [0.15, 0.2) is 34.9 Å². The predicted octanol–water partition coefficient (Wildman–Crippen LogP) is 5.42. The van der Waals surface area contributed by atoms with Crippen LogP contribution in [0, 0.1) is 0 Å². The second-order valence-electron chi connectivity index (χ2n) is 7.14. The summed E-state index contributed by atoms with van der Waals surface area (Å²) in [7, 11) is 0. The molecule has 0 amide bonds. The van der Waals surface area contributed by atoms with Crippen LogP contribution >= 0.6 is 0 Å². The summed E-state index contributed by atoms with van der Waals surface area (Å²) in [5.41, 5.74) is 6.75. The van der Waals surface area contributed by atoms with Crippen molar-refractivity contribution in [2.75, 3.05) is 0 Å². The van der Waals surface area contributed by atoms with Crippen LogP contribution in [0.5, 0.6) is 0 Å². The zero-order valence-electron chi connectivity index (χ0n) is 13.3. The molecule has 3 heteroatoms. The Morgan fingerprint density at radius 2 is 1.90 bits per heavy atom. The van der Waals surface area contributed by atoms with E-state index < -0.39 is 17.0 Å². The van der Waals surface area contributed by atoms with E-state index in [0.717, 1.165) is 0 Å². The number of rotatable bonds is 3. The monoisotopic (exact) mass is 322 g/mol. The van der Waals surface area contributed by atoms with E-state index in [1.165, 1.54) is 57.4 Å². The first-order valence-corrected chi connectivity index (χ1v) is 13.0. The summed E-state index contributed by atoms with van der Waals surface area (Å²) in [5, 5.41) is 4.50. The molecular weight excluding hydrogens is 296 g/mol. The average Bonchev–Trinajstić information content (AvgIpc) is 2.85. The summed E-state index contributed by atoms with van der Waals surface area (Å²) in [4.78, 5) is 11.7. The first kappa shape index (κ1) is 15.3. The first-order chi connectivity index (χ1) is 10.0. The molecule has 21 heavy (non-hydrogen) atoms. The van der Waals surface area contributed by atoms with Crippen molar-refractivity contribution < 1.29 is 25.1 Å². The normalized spacial score (nSPS) is 25.5. The molecule has 0 aromatic carbocycles. The summed E-state index contributed by atoms with van der Waals surface area (Å²) >= 11 is -2.61. The van der Waals surface area contributed by atoms with Gasteiger partial charge in [-0.1, -0.05) is 0 Å². The van der Waals surface area contributed by atoms with Gasteiger partial charge in [0, 0.05) is 0 Å². The van der Waals surface area contributed by atoms with Gasteiger partial charge in [-0.25, -0.2) is 0 Å². The molecule has 0 bridgehead atoms. The standard InChI is InChI=1S/C13H17.C3H4O2.2CH3.Ti/c1-3-7-12-10(5-1)9-11-6-2-4-8-13(11)12;1-2-3(4)5;;;/h5H,1-4,6-9H2;2H,1H2,(H,4,5);2*1H3;/q;;;;+1/p-1. The summed E-state index contributed by atoms with van der Waals surface area (Å²) in [5.74, 6) is -0.219. The number of fused-ring (bicyclic) bond motifs is 1. The molecule has 0 aliphatic heterocycles. The second-order valence-corrected chi connectivity index (χ2v) is 13.6. The molecular formula is C18H26O2Ti. The number of allylic oxidation sites excluding steroid dienone is 4. The third kappa shape index (κ3) is 2.85. The summed E-state index contributed by atoms with van der Waals surface area (Å²) in [6.45, 7) is 3.55. The van der Waals surface area contributed by atoms with Crippen LogP contribution in [0.2, 0.25) is 14.7 Å². The Labute approximate surface area is 132 Å². The minimum absolute atomic E-state index is 0.219. The van der Waals surface area contributed by atoms with Crippen molar-refractivity contribution in [3.05, 3.63) is 34.9 Å². The third-order valence-corrected chi connectivity index (χ3v) is 10.2. The van der Waals surface area contributed by atoms with E-state index in [1.54, 1.807) is 22.3 Å². The van der Waals surface area contributed by atoms with E-state index in [0.29, 0.717) is 4.22 Å². The van der Waals surface area contributed by atoms with Crippen LogP contribution in [0.4, 0.5) is 0 Å². The molecule has 0 saturated heterocycles. The second kappa shape index (κ2) is 5.89. The first-order valence-electron chi connectivity index (χ1n) is 8.31. The molecule has 114 valence electrons. The minimum atomic E-state index is -2.61. The van der Waals surface area contributed by atoms with Crippen molar-refractivity contribution in [1.82, 2.24) is 0 Å². The quantitative estimate of drug-likeness (QED) is 0.512. The van der Waals surface area contributed by atoms with Crippen molar-refractivity contribution in [2.24, 2.45) is 0 Å². The van der Waals surface area contributed by atoms with Crippen LogP contribution in [-0.2, 0) is 25.1 Å². The Kier molecular flexibility index (Phi) is 4.29. The molecule has 0 spiro atoms. The Balaban J connectivity index is 1.86. The van der Waals surface area contributed by atoms with Gasteiger partial charge in [-0.05, 0) is 0 Å². The average molecular weight is 322 g/mol. The fourth-order valence-corrected chi connectivity index (χ4v) is 8.81. The van der Waals surface area contributed by atoms with E-state index >= 15 is 0 Å². The Hall–Kier alpha value is -0.596. The van der Waals surface area contributed by atoms with Gasteiger partial charge >= 0.3 is 132 Å². The number of carbonyl (C=O) groups is 1. The van der Waals surface area contributed by atoms with Gasteiger partial charge in [0.25, 0.3) is 0 Å². The summed E-state index contributed by atoms with van der Waals surface area (Å²) < 4.78 is 6.42. The van der Waals surface area contributed by atoms with Gasteiger partial charge in [0.15, 0.2) is 0 Å². The van der Waals surface area contributed by atoms with Crippen molar-refractivity contribution in [3.8, 4) is 0 Å². The van der Waals surface area contributed by atoms with Crippen LogP contribution in [0.25, 0.3) is 0 Å². The van der Waals surface area contributed by atoms with Crippen molar-refractivity contribution in [3.63, 3.8) is 0 Å². The fourth-order valence-electron chi connectivity index (χ4n) is 4.50. The van der Waals surface area contributed by atoms with Crippen LogP contribution in [-0.4, -0.2) is 5.97 Å². The molecule has 3 rings (SSSR count). The Morgan fingerprint density at radius 1 is 1.19 bits per heavy atom. The van der Waals surface area contributed by atoms with Gasteiger partial charge in [0.05, 0.1) is 0 Å². The maximum absolute atomic E-state index is 11.7. The summed E-state index contributed by atoms with van der Waals surface area (Å²) in [6, 6.07) is 0. The number of hydrogen-bond acceptors (Lipinski definition) is 2. The molecule has 0 radical (unpaired) electrons. The summed E-state index contributed by atoms with van der Waals surface area (Å²) in [6.07, 6.45) is 11.6. The molecule has 0 N–H and O–H groups in total. The van der Waals surface area contributed by atoms with Gasteiger partial charge in [-0.3, -0.25) is 0 Å². The van der Waals surface area contributed by atoms with Crippen LogP contribution in [0.3, 0.4) is 0 Å². The van der Waals surface area contributed by atoms with Crippen LogP contribution < -0.4 is 0 Å². The molecule has 3 aliphatic rings. The molecule has 0 saturated carbocycles. The van der Waals surface area contributed by atoms with E-state index in [-0.39, 0.29) is 5.97 Å². The predicted molar refractivity (Wildman–Crippen MR) is 82.8 cm³/mol. The maximum atomic E-state index is 11.7. The van der Waals surface area contributed by atoms with Gasteiger partial charge < -0.3 is 0 Å². The molecule has 0 aromatic rings. The fraction of sp³-hybridized carbons (Fsp3) is 0.611. The molecule has 1 atom stereocenters. The van der Waals surface area contributed by atoms with E-state index in [9.17, 15) is 4.79 Å². The van der Waals surface area contributed by atoms with Crippen molar-refractivity contribution in [2.45, 2.75) is 66.0 Å². The molecule has 1 unspecified atom stereocenters. The van der Waals surface area contributed by atoms with Gasteiger partial charge in [-0.15, -0.1) is 0 Å². The molecule has 2 nitrogen and oxygen atoms in total. The Bertz CT molecular complexity index is 539. The van der Waals surface area contributed by atoms with Gasteiger partial charge in [-0.2, -0.15) is 0 Å². The topological polar surface area (TPSA) is 26.3 Å². The van der Waals surface area contributed by atoms with Gasteiger partial charge in [0.2, 0.25) is 0 Å². The van der Waals surface area contributed by atoms with Crippen LogP contribution in [0.1, 0.15) is 51.4 Å². The van der Waals surface area contributed by atoms with Gasteiger partial charge in [0.1, 0.15) is 0 Å².